The van der Waals surface area contributed by atoms with E-state index in [0.717, 1.165) is 13.0 Å². The molecule has 4 heteroatoms. The van der Waals surface area contributed by atoms with E-state index in [4.69, 9.17) is 0 Å². The fraction of sp³-hybridized carbons (Fsp3) is 0.857. The molecular formula is C14H24N2O2. The van der Waals surface area contributed by atoms with Gasteiger partial charge in [-0.25, -0.2) is 0 Å². The first-order valence-corrected chi connectivity index (χ1v) is 6.98. The smallest absolute Gasteiger partial charge is 0.248 e. The fourth-order valence-electron chi connectivity index (χ4n) is 2.84. The molecule has 0 bridgehead atoms. The number of nitrogens with one attached hydrogen (secondary N) is 1. The van der Waals surface area contributed by atoms with Crippen LogP contribution in [0.4, 0.5) is 0 Å². The van der Waals surface area contributed by atoms with Crippen molar-refractivity contribution in [2.75, 3.05) is 6.54 Å². The van der Waals surface area contributed by atoms with Gasteiger partial charge in [-0.05, 0) is 44.9 Å². The van der Waals surface area contributed by atoms with Crippen LogP contribution in [0.25, 0.3) is 0 Å². The van der Waals surface area contributed by atoms with Gasteiger partial charge in [0.05, 0.1) is 0 Å². The van der Waals surface area contributed by atoms with Crippen LogP contribution in [-0.2, 0) is 9.59 Å². The van der Waals surface area contributed by atoms with Crippen molar-refractivity contribution in [3.05, 3.63) is 0 Å². The molecule has 1 atom stereocenters. The average molecular weight is 252 g/mol. The molecule has 18 heavy (non-hydrogen) atoms. The quantitative estimate of drug-likeness (QED) is 0.827. The Morgan fingerprint density at radius 3 is 2.33 bits per heavy atom. The molecule has 4 nitrogen and oxygen atoms in total. The van der Waals surface area contributed by atoms with Crippen molar-refractivity contribution in [1.29, 1.82) is 0 Å². The highest BCUT2D eigenvalue weighted by Gasteiger charge is 2.50. The molecule has 0 aromatic rings. The molecule has 0 aromatic carbocycles. The molecule has 1 aliphatic heterocycles. The van der Waals surface area contributed by atoms with E-state index in [-0.39, 0.29) is 23.3 Å². The summed E-state index contributed by atoms with van der Waals surface area (Å²) >= 11 is 0. The summed E-state index contributed by atoms with van der Waals surface area (Å²) in [4.78, 5) is 26.4. The summed E-state index contributed by atoms with van der Waals surface area (Å²) in [6.07, 6.45) is 4.15. The third kappa shape index (κ3) is 2.13. The minimum absolute atomic E-state index is 0.00555. The molecule has 2 fully saturated rings. The molecule has 0 radical (unpaired) electrons. The predicted octanol–water partition coefficient (Wildman–Crippen LogP) is 1.69. The van der Waals surface area contributed by atoms with E-state index in [9.17, 15) is 9.59 Å². The van der Waals surface area contributed by atoms with Crippen molar-refractivity contribution in [3.63, 3.8) is 0 Å². The number of hydrogen-bond donors (Lipinski definition) is 1. The molecule has 1 saturated carbocycles. The highest BCUT2D eigenvalue weighted by molar-refractivity contribution is 5.99. The van der Waals surface area contributed by atoms with E-state index >= 15 is 0 Å². The van der Waals surface area contributed by atoms with Crippen molar-refractivity contribution >= 4 is 11.8 Å². The Bertz CT molecular complexity index is 372. The second kappa shape index (κ2) is 4.25. The van der Waals surface area contributed by atoms with E-state index in [0.29, 0.717) is 6.42 Å². The number of carbonyl (C=O) groups excluding carboxylic acids is 2. The molecule has 2 amide bonds. The third-order valence-corrected chi connectivity index (χ3v) is 4.51. The Morgan fingerprint density at radius 1 is 1.28 bits per heavy atom. The van der Waals surface area contributed by atoms with E-state index in [2.05, 4.69) is 12.2 Å². The number of amides is 2. The predicted molar refractivity (Wildman–Crippen MR) is 70.0 cm³/mol. The Hall–Kier alpha value is -1.06. The Labute approximate surface area is 109 Å². The largest absolute Gasteiger partial charge is 0.340 e. The molecule has 2 rings (SSSR count). The monoisotopic (exact) mass is 252 g/mol. The highest BCUT2D eigenvalue weighted by atomic mass is 16.2. The molecule has 102 valence electrons. The van der Waals surface area contributed by atoms with Crippen molar-refractivity contribution < 1.29 is 9.59 Å². The Morgan fingerprint density at radius 2 is 1.89 bits per heavy atom. The normalized spacial score (nSPS) is 29.1. The van der Waals surface area contributed by atoms with Crippen molar-refractivity contribution in [2.24, 2.45) is 5.41 Å². The standard InChI is InChI=1S/C14H24N2O2/c1-5-10-11(17)15-13(3,4)12(18)16(10)9-14(6-2)7-8-14/h10H,5-9H2,1-4H3,(H,15,17). The van der Waals surface area contributed by atoms with Crippen molar-refractivity contribution in [1.82, 2.24) is 10.2 Å². The number of hydrogen-bond acceptors (Lipinski definition) is 2. The van der Waals surface area contributed by atoms with Gasteiger partial charge in [0.2, 0.25) is 11.8 Å². The van der Waals surface area contributed by atoms with Gasteiger partial charge in [0.25, 0.3) is 0 Å². The van der Waals surface area contributed by atoms with Gasteiger partial charge >= 0.3 is 0 Å². The van der Waals surface area contributed by atoms with Crippen LogP contribution in [0.1, 0.15) is 53.4 Å². The first-order chi connectivity index (χ1) is 8.35. The maximum Gasteiger partial charge on any atom is 0.248 e. The van der Waals surface area contributed by atoms with Gasteiger partial charge in [0.15, 0.2) is 0 Å². The summed E-state index contributed by atoms with van der Waals surface area (Å²) in [5.74, 6) is 0.0580. The SMILES string of the molecule is CCC1C(=O)NC(C)(C)C(=O)N1CC1(CC)CC1. The average Bonchev–Trinajstić information content (AvgIpc) is 3.06. The molecule has 0 aromatic heterocycles. The fourth-order valence-corrected chi connectivity index (χ4v) is 2.84. The van der Waals surface area contributed by atoms with Gasteiger partial charge < -0.3 is 10.2 Å². The maximum absolute atomic E-state index is 12.5. The molecule has 1 N–H and O–H groups in total. The molecule has 1 unspecified atom stereocenters. The highest BCUT2D eigenvalue weighted by Crippen LogP contribution is 2.49. The molecule has 1 aliphatic carbocycles. The minimum atomic E-state index is -0.757. The summed E-state index contributed by atoms with van der Waals surface area (Å²) in [6.45, 7) is 8.47. The van der Waals surface area contributed by atoms with Gasteiger partial charge in [-0.1, -0.05) is 13.8 Å². The minimum Gasteiger partial charge on any atom is -0.340 e. The lowest BCUT2D eigenvalue weighted by atomic mass is 9.93. The van der Waals surface area contributed by atoms with Crippen LogP contribution in [0.3, 0.4) is 0 Å². The molecule has 1 saturated heterocycles. The zero-order valence-corrected chi connectivity index (χ0v) is 11.9. The van der Waals surface area contributed by atoms with Gasteiger partial charge in [-0.15, -0.1) is 0 Å². The van der Waals surface area contributed by atoms with E-state index in [1.807, 2.05) is 11.8 Å². The third-order valence-electron chi connectivity index (χ3n) is 4.51. The van der Waals surface area contributed by atoms with Gasteiger partial charge in [-0.2, -0.15) is 0 Å². The van der Waals surface area contributed by atoms with Crippen LogP contribution in [0, 0.1) is 5.41 Å². The molecule has 1 heterocycles. The first kappa shape index (κ1) is 13.4. The van der Waals surface area contributed by atoms with Crippen LogP contribution in [0.5, 0.6) is 0 Å². The molecule has 2 aliphatic rings. The van der Waals surface area contributed by atoms with Crippen LogP contribution in [0.2, 0.25) is 0 Å². The Balaban J connectivity index is 2.22. The summed E-state index contributed by atoms with van der Waals surface area (Å²) in [5.41, 5.74) is -0.469. The molecular weight excluding hydrogens is 228 g/mol. The summed E-state index contributed by atoms with van der Waals surface area (Å²) < 4.78 is 0. The van der Waals surface area contributed by atoms with Gasteiger partial charge in [-0.3, -0.25) is 9.59 Å². The van der Waals surface area contributed by atoms with Crippen LogP contribution in [-0.4, -0.2) is 34.8 Å². The number of rotatable bonds is 4. The number of piperazine rings is 1. The lowest BCUT2D eigenvalue weighted by molar-refractivity contribution is -0.154. The summed E-state index contributed by atoms with van der Waals surface area (Å²) in [5, 5.41) is 2.83. The number of carbonyl (C=O) groups is 2. The first-order valence-electron chi connectivity index (χ1n) is 6.98. The maximum atomic E-state index is 12.5. The second-order valence-corrected chi connectivity index (χ2v) is 6.32. The van der Waals surface area contributed by atoms with Gasteiger partial charge in [0, 0.05) is 6.54 Å². The van der Waals surface area contributed by atoms with Gasteiger partial charge in [0.1, 0.15) is 11.6 Å². The summed E-state index contributed by atoms with van der Waals surface area (Å²) in [6, 6.07) is -0.283. The lowest BCUT2D eigenvalue weighted by Gasteiger charge is -2.44. The van der Waals surface area contributed by atoms with E-state index in [1.54, 1.807) is 13.8 Å². The summed E-state index contributed by atoms with van der Waals surface area (Å²) in [7, 11) is 0. The molecule has 0 spiro atoms. The van der Waals surface area contributed by atoms with E-state index in [1.165, 1.54) is 12.8 Å². The topological polar surface area (TPSA) is 49.4 Å². The Kier molecular flexibility index (Phi) is 3.16. The van der Waals surface area contributed by atoms with Crippen LogP contribution < -0.4 is 5.32 Å². The van der Waals surface area contributed by atoms with Crippen molar-refractivity contribution in [2.45, 2.75) is 65.0 Å². The zero-order valence-electron chi connectivity index (χ0n) is 11.9. The van der Waals surface area contributed by atoms with Crippen molar-refractivity contribution in [3.8, 4) is 0 Å². The lowest BCUT2D eigenvalue weighted by Crippen LogP contribution is -2.68. The van der Waals surface area contributed by atoms with Crippen LogP contribution in [0.15, 0.2) is 0 Å². The van der Waals surface area contributed by atoms with E-state index < -0.39 is 5.54 Å². The number of nitrogens with zero attached hydrogens (tertiary/aromatic N) is 1. The van der Waals surface area contributed by atoms with Crippen LogP contribution >= 0.6 is 0 Å². The zero-order chi connectivity index (χ0) is 13.6. The second-order valence-electron chi connectivity index (χ2n) is 6.32.